The number of ether oxygens (including phenoxy) is 3. The maximum absolute atomic E-state index is 13.2. The summed E-state index contributed by atoms with van der Waals surface area (Å²) in [6.07, 6.45) is 4.89. The molecule has 1 saturated heterocycles. The van der Waals surface area contributed by atoms with E-state index in [0.717, 1.165) is 119 Å². The molecule has 4 aromatic carbocycles. The van der Waals surface area contributed by atoms with E-state index in [9.17, 15) is 14.7 Å². The van der Waals surface area contributed by atoms with E-state index >= 15 is 0 Å². The molecule has 57 heavy (non-hydrogen) atoms. The summed E-state index contributed by atoms with van der Waals surface area (Å²) in [5.74, 6) is 1.21. The van der Waals surface area contributed by atoms with Crippen LogP contribution in [0.3, 0.4) is 0 Å². The Bertz CT molecular complexity index is 2420. The Balaban J connectivity index is 0.980. The number of carbonyl (C=O) groups excluding carboxylic acids is 1. The third-order valence-corrected chi connectivity index (χ3v) is 11.7. The summed E-state index contributed by atoms with van der Waals surface area (Å²) in [7, 11) is 1.93. The predicted molar refractivity (Wildman–Crippen MR) is 220 cm³/mol. The normalized spacial score (nSPS) is 16.0. The van der Waals surface area contributed by atoms with Gasteiger partial charge in [0.2, 0.25) is 5.91 Å². The average Bonchev–Trinajstić information content (AvgIpc) is 3.98. The monoisotopic (exact) mass is 767 g/mol. The molecule has 1 N–H and O–H groups in total. The largest absolute Gasteiger partial charge is 0.493 e. The third kappa shape index (κ3) is 7.44. The zero-order valence-electron chi connectivity index (χ0n) is 32.5. The van der Waals surface area contributed by atoms with Crippen molar-refractivity contribution in [1.29, 1.82) is 0 Å². The fraction of sp³-hybridized carbons (Fsp3) is 0.370. The molecule has 0 unspecified atom stereocenters. The minimum atomic E-state index is -0.930. The molecular formula is C46H49N5O6. The highest BCUT2D eigenvalue weighted by Gasteiger charge is 2.35. The summed E-state index contributed by atoms with van der Waals surface area (Å²) < 4.78 is 22.8. The van der Waals surface area contributed by atoms with E-state index in [1.165, 1.54) is 0 Å². The summed E-state index contributed by atoms with van der Waals surface area (Å²) in [5, 5.41) is 18.9. The molecule has 1 amide bonds. The van der Waals surface area contributed by atoms with Crippen molar-refractivity contribution < 1.29 is 28.9 Å². The summed E-state index contributed by atoms with van der Waals surface area (Å²) in [6, 6.07) is 28.5. The topological polar surface area (TPSA) is 111 Å². The molecule has 11 nitrogen and oxygen atoms in total. The van der Waals surface area contributed by atoms with Crippen molar-refractivity contribution in [3.05, 3.63) is 108 Å². The number of aryl methyl sites for hydroxylation is 3. The second kappa shape index (κ2) is 16.0. The maximum atomic E-state index is 13.2. The molecular weight excluding hydrogens is 719 g/mol. The van der Waals surface area contributed by atoms with Crippen LogP contribution in [0.2, 0.25) is 0 Å². The summed E-state index contributed by atoms with van der Waals surface area (Å²) in [4.78, 5) is 30.0. The lowest BCUT2D eigenvalue weighted by atomic mass is 9.98. The number of hydrogen-bond donors (Lipinski definition) is 1. The third-order valence-electron chi connectivity index (χ3n) is 11.7. The van der Waals surface area contributed by atoms with E-state index in [1.807, 2.05) is 63.7 Å². The lowest BCUT2D eigenvalue weighted by Gasteiger charge is -2.36. The van der Waals surface area contributed by atoms with E-state index in [4.69, 9.17) is 19.3 Å². The first-order valence-corrected chi connectivity index (χ1v) is 20.3. The molecule has 2 aliphatic heterocycles. The molecule has 9 rings (SSSR count). The number of hydrogen-bond acceptors (Lipinski definition) is 7. The highest BCUT2D eigenvalue weighted by atomic mass is 16.5. The van der Waals surface area contributed by atoms with Gasteiger partial charge in [-0.25, -0.2) is 4.79 Å². The number of carbonyl (C=O) groups is 2. The van der Waals surface area contributed by atoms with Gasteiger partial charge >= 0.3 is 5.97 Å². The molecule has 294 valence electrons. The molecule has 0 radical (unpaired) electrons. The summed E-state index contributed by atoms with van der Waals surface area (Å²) >= 11 is 0. The van der Waals surface area contributed by atoms with Gasteiger partial charge in [-0.3, -0.25) is 9.48 Å². The van der Waals surface area contributed by atoms with Crippen LogP contribution in [0.15, 0.2) is 84.9 Å². The first-order chi connectivity index (χ1) is 27.9. The summed E-state index contributed by atoms with van der Waals surface area (Å²) in [6.45, 7) is 5.35. The Labute approximate surface area is 332 Å². The van der Waals surface area contributed by atoms with E-state index < -0.39 is 5.97 Å². The van der Waals surface area contributed by atoms with Gasteiger partial charge in [0.15, 0.2) is 0 Å². The second-order valence-corrected chi connectivity index (χ2v) is 15.4. The minimum Gasteiger partial charge on any atom is -0.493 e. The number of rotatable bonds is 11. The number of amides is 1. The lowest BCUT2D eigenvalue weighted by Crippen LogP contribution is -2.49. The molecule has 2 aromatic heterocycles. The molecule has 0 atom stereocenters. The molecule has 1 saturated carbocycles. The number of carboxylic acids is 1. The Morgan fingerprint density at radius 3 is 2.44 bits per heavy atom. The minimum absolute atomic E-state index is 0.228. The molecule has 0 spiro atoms. The van der Waals surface area contributed by atoms with Crippen LogP contribution in [-0.2, 0) is 42.8 Å². The number of fused-ring (bicyclic) bond motifs is 3. The fourth-order valence-corrected chi connectivity index (χ4v) is 8.67. The van der Waals surface area contributed by atoms with Crippen LogP contribution >= 0.6 is 0 Å². The van der Waals surface area contributed by atoms with Crippen molar-refractivity contribution in [3.63, 3.8) is 0 Å². The standard InChI is InChI=1S/C46H49N5O6/c1-48-40-30-55-27-5-4-22-51-43-36(37(44(51)46(53)54)14-8-28-56-41-15-6-10-31-9-2-3-11-35(31)41)12-7-13-38(43)42(40)39(47-48)29-57-34-20-18-33(19-21-34)49-23-25-50(26-24-49)45(52)32-16-17-32/h2-3,6-7,9-13,15,18-21,32H,4-5,8,14,16-17,22-30H2,1H3,(H,53,54). The number of aromatic carboxylic acids is 1. The number of para-hydroxylation sites is 1. The molecule has 6 aromatic rings. The van der Waals surface area contributed by atoms with E-state index in [1.54, 1.807) is 0 Å². The predicted octanol–water partition coefficient (Wildman–Crippen LogP) is 7.85. The Hall–Kier alpha value is -5.81. The van der Waals surface area contributed by atoms with Gasteiger partial charge < -0.3 is 33.7 Å². The van der Waals surface area contributed by atoms with Crippen LogP contribution in [-0.4, -0.2) is 75.6 Å². The number of nitrogens with zero attached hydrogens (tertiary/aromatic N) is 5. The van der Waals surface area contributed by atoms with Gasteiger partial charge in [0.1, 0.15) is 29.5 Å². The van der Waals surface area contributed by atoms with Gasteiger partial charge in [-0.2, -0.15) is 5.10 Å². The number of piperazine rings is 1. The van der Waals surface area contributed by atoms with Gasteiger partial charge in [-0.1, -0.05) is 54.6 Å². The summed E-state index contributed by atoms with van der Waals surface area (Å²) in [5.41, 5.74) is 6.71. The van der Waals surface area contributed by atoms with Crippen LogP contribution in [0.4, 0.5) is 5.69 Å². The van der Waals surface area contributed by atoms with E-state index in [2.05, 4.69) is 47.4 Å². The van der Waals surface area contributed by atoms with Crippen molar-refractivity contribution in [2.24, 2.45) is 13.0 Å². The highest BCUT2D eigenvalue weighted by molar-refractivity contribution is 6.04. The highest BCUT2D eigenvalue weighted by Crippen LogP contribution is 2.40. The van der Waals surface area contributed by atoms with E-state index in [0.29, 0.717) is 50.8 Å². The van der Waals surface area contributed by atoms with Crippen molar-refractivity contribution in [2.75, 3.05) is 44.3 Å². The molecule has 2 fully saturated rings. The Morgan fingerprint density at radius 2 is 1.63 bits per heavy atom. The van der Waals surface area contributed by atoms with Crippen molar-refractivity contribution in [3.8, 4) is 22.6 Å². The van der Waals surface area contributed by atoms with Crippen LogP contribution in [0, 0.1) is 5.92 Å². The van der Waals surface area contributed by atoms with Crippen LogP contribution < -0.4 is 14.4 Å². The first-order valence-electron chi connectivity index (χ1n) is 20.3. The second-order valence-electron chi connectivity index (χ2n) is 15.4. The molecule has 11 heteroatoms. The zero-order valence-corrected chi connectivity index (χ0v) is 32.5. The van der Waals surface area contributed by atoms with Gasteiger partial charge in [0.05, 0.1) is 24.4 Å². The van der Waals surface area contributed by atoms with Gasteiger partial charge in [0, 0.05) is 79.9 Å². The SMILES string of the molecule is Cn1nc(COc2ccc(N3CCN(C(=O)C4CC4)CC3)cc2)c2c1COCCCCn1c(C(=O)O)c(CCCOc3cccc4ccccc34)c3cccc-2c31. The van der Waals surface area contributed by atoms with Crippen molar-refractivity contribution in [1.82, 2.24) is 19.2 Å². The Kier molecular flexibility index (Phi) is 10.3. The van der Waals surface area contributed by atoms with Gasteiger partial charge in [-0.15, -0.1) is 0 Å². The zero-order chi connectivity index (χ0) is 38.9. The lowest BCUT2D eigenvalue weighted by molar-refractivity contribution is -0.132. The van der Waals surface area contributed by atoms with Crippen molar-refractivity contribution in [2.45, 2.75) is 58.3 Å². The quantitative estimate of drug-likeness (QED) is 0.133. The number of aromatic nitrogens is 3. The molecule has 0 bridgehead atoms. The van der Waals surface area contributed by atoms with Crippen LogP contribution in [0.1, 0.15) is 59.5 Å². The molecule has 3 aliphatic rings. The van der Waals surface area contributed by atoms with Gasteiger partial charge in [-0.05, 0) is 79.8 Å². The van der Waals surface area contributed by atoms with E-state index in [-0.39, 0.29) is 12.5 Å². The smallest absolute Gasteiger partial charge is 0.352 e. The Morgan fingerprint density at radius 1 is 0.860 bits per heavy atom. The number of anilines is 1. The molecule has 4 heterocycles. The average molecular weight is 768 g/mol. The van der Waals surface area contributed by atoms with Crippen molar-refractivity contribution >= 4 is 39.2 Å². The molecule has 1 aliphatic carbocycles. The maximum Gasteiger partial charge on any atom is 0.352 e. The van der Waals surface area contributed by atoms with Crippen LogP contribution in [0.25, 0.3) is 32.8 Å². The van der Waals surface area contributed by atoms with Gasteiger partial charge in [0.25, 0.3) is 0 Å². The number of benzene rings is 4. The van der Waals surface area contributed by atoms with Crippen LogP contribution in [0.5, 0.6) is 11.5 Å². The fourth-order valence-electron chi connectivity index (χ4n) is 8.67. The number of carboxylic acid groups (broad SMARTS) is 1. The first kappa shape index (κ1) is 36.8.